The number of hydrogen-bond acceptors (Lipinski definition) is 2. The summed E-state index contributed by atoms with van der Waals surface area (Å²) in [7, 11) is -1.54. The molecule has 0 aliphatic carbocycles. The van der Waals surface area contributed by atoms with E-state index in [9.17, 15) is 0 Å². The average molecular weight is 216 g/mol. The third kappa shape index (κ3) is 5.32. The van der Waals surface area contributed by atoms with E-state index in [4.69, 9.17) is 9.16 Å². The van der Waals surface area contributed by atoms with Gasteiger partial charge in [-0.1, -0.05) is 13.8 Å². The molecule has 14 heavy (non-hydrogen) atoms. The number of hydrogen-bond donors (Lipinski definition) is 0. The zero-order valence-corrected chi connectivity index (χ0v) is 11.4. The maximum Gasteiger partial charge on any atom is 0.264 e. The SMILES string of the molecule is CCOC(O[Si](C)(C)C)=C(CC)CC. The van der Waals surface area contributed by atoms with Crippen LogP contribution < -0.4 is 0 Å². The van der Waals surface area contributed by atoms with Gasteiger partial charge in [0.15, 0.2) is 0 Å². The molecule has 84 valence electrons. The van der Waals surface area contributed by atoms with Crippen molar-refractivity contribution in [3.8, 4) is 0 Å². The lowest BCUT2D eigenvalue weighted by atomic mass is 10.2. The van der Waals surface area contributed by atoms with E-state index in [0.29, 0.717) is 6.61 Å². The van der Waals surface area contributed by atoms with Gasteiger partial charge in [-0.05, 0) is 39.4 Å². The molecule has 0 fully saturated rings. The quantitative estimate of drug-likeness (QED) is 0.495. The molecule has 0 amide bonds. The third-order valence-electron chi connectivity index (χ3n) is 1.82. The number of ether oxygens (including phenoxy) is 1. The zero-order valence-electron chi connectivity index (χ0n) is 10.4. The van der Waals surface area contributed by atoms with Crippen LogP contribution in [-0.4, -0.2) is 14.9 Å². The third-order valence-corrected chi connectivity index (χ3v) is 2.61. The molecule has 0 spiro atoms. The van der Waals surface area contributed by atoms with Crippen LogP contribution in [0.4, 0.5) is 0 Å². The standard InChI is InChI=1S/C11H24O2Si/c1-7-10(8-2)11(12-9-3)13-14(4,5)6/h7-9H2,1-6H3. The van der Waals surface area contributed by atoms with Crippen LogP contribution in [0.5, 0.6) is 0 Å². The summed E-state index contributed by atoms with van der Waals surface area (Å²) < 4.78 is 11.5. The Balaban J connectivity index is 4.64. The maximum atomic E-state index is 5.92. The molecule has 0 atom stereocenters. The van der Waals surface area contributed by atoms with Gasteiger partial charge in [-0.2, -0.15) is 0 Å². The summed E-state index contributed by atoms with van der Waals surface area (Å²) in [4.78, 5) is 0. The molecule has 2 nitrogen and oxygen atoms in total. The van der Waals surface area contributed by atoms with E-state index in [0.717, 1.165) is 18.8 Å². The van der Waals surface area contributed by atoms with Crippen LogP contribution in [0.15, 0.2) is 11.5 Å². The first-order valence-corrected chi connectivity index (χ1v) is 8.89. The molecule has 0 unspecified atom stereocenters. The highest BCUT2D eigenvalue weighted by molar-refractivity contribution is 6.70. The zero-order chi connectivity index (χ0) is 11.2. The Morgan fingerprint density at radius 3 is 1.79 bits per heavy atom. The molecule has 0 bridgehead atoms. The van der Waals surface area contributed by atoms with Gasteiger partial charge in [0, 0.05) is 5.57 Å². The molecule has 0 N–H and O–H groups in total. The van der Waals surface area contributed by atoms with Gasteiger partial charge in [-0.3, -0.25) is 0 Å². The van der Waals surface area contributed by atoms with Crippen molar-refractivity contribution in [2.45, 2.75) is 53.3 Å². The van der Waals surface area contributed by atoms with E-state index < -0.39 is 8.32 Å². The topological polar surface area (TPSA) is 18.5 Å². The van der Waals surface area contributed by atoms with Gasteiger partial charge in [0.25, 0.3) is 5.95 Å². The fraction of sp³-hybridized carbons (Fsp3) is 0.818. The highest BCUT2D eigenvalue weighted by atomic mass is 28.4. The van der Waals surface area contributed by atoms with Gasteiger partial charge in [0.2, 0.25) is 8.32 Å². The summed E-state index contributed by atoms with van der Waals surface area (Å²) >= 11 is 0. The molecular weight excluding hydrogens is 192 g/mol. The highest BCUT2D eigenvalue weighted by Gasteiger charge is 2.20. The molecule has 0 aromatic rings. The van der Waals surface area contributed by atoms with Crippen molar-refractivity contribution < 1.29 is 9.16 Å². The molecular formula is C11H24O2Si. The number of rotatable bonds is 6. The molecule has 0 radical (unpaired) electrons. The average Bonchev–Trinajstić information content (AvgIpc) is 2.04. The molecule has 3 heteroatoms. The molecule has 0 aliphatic rings. The van der Waals surface area contributed by atoms with Crippen LogP contribution >= 0.6 is 0 Å². The van der Waals surface area contributed by atoms with Gasteiger partial charge >= 0.3 is 0 Å². The Hall–Kier alpha value is -0.443. The minimum atomic E-state index is -1.54. The second-order valence-corrected chi connectivity index (χ2v) is 8.67. The van der Waals surface area contributed by atoms with E-state index in [1.54, 1.807) is 0 Å². The summed E-state index contributed by atoms with van der Waals surface area (Å²) in [5.41, 5.74) is 1.29. The maximum absolute atomic E-state index is 5.92. The largest absolute Gasteiger partial charge is 0.520 e. The van der Waals surface area contributed by atoms with E-state index in [1.807, 2.05) is 6.92 Å². The van der Waals surface area contributed by atoms with Gasteiger partial charge in [-0.25, -0.2) is 0 Å². The van der Waals surface area contributed by atoms with Gasteiger partial charge in [0.1, 0.15) is 0 Å². The van der Waals surface area contributed by atoms with Crippen molar-refractivity contribution in [3.05, 3.63) is 11.5 Å². The van der Waals surface area contributed by atoms with Crippen LogP contribution in [0.25, 0.3) is 0 Å². The van der Waals surface area contributed by atoms with Gasteiger partial charge in [-0.15, -0.1) is 0 Å². The van der Waals surface area contributed by atoms with E-state index >= 15 is 0 Å². The van der Waals surface area contributed by atoms with Crippen LogP contribution in [0.2, 0.25) is 19.6 Å². The van der Waals surface area contributed by atoms with E-state index in [-0.39, 0.29) is 0 Å². The fourth-order valence-corrected chi connectivity index (χ4v) is 1.91. The molecule has 0 rings (SSSR count). The first kappa shape index (κ1) is 13.6. The predicted octanol–water partition coefficient (Wildman–Crippen LogP) is 3.91. The molecule has 0 aliphatic heterocycles. The normalized spacial score (nSPS) is 11.0. The smallest absolute Gasteiger partial charge is 0.264 e. The predicted molar refractivity (Wildman–Crippen MR) is 63.7 cm³/mol. The summed E-state index contributed by atoms with van der Waals surface area (Å²) in [6.45, 7) is 13.5. The Morgan fingerprint density at radius 2 is 1.50 bits per heavy atom. The van der Waals surface area contributed by atoms with Crippen LogP contribution in [0.3, 0.4) is 0 Å². The van der Waals surface area contributed by atoms with Gasteiger partial charge in [0.05, 0.1) is 6.61 Å². The summed E-state index contributed by atoms with van der Waals surface area (Å²) in [6.07, 6.45) is 2.02. The van der Waals surface area contributed by atoms with Gasteiger partial charge < -0.3 is 9.16 Å². The van der Waals surface area contributed by atoms with Crippen molar-refractivity contribution in [2.75, 3.05) is 6.61 Å². The Morgan fingerprint density at radius 1 is 1.00 bits per heavy atom. The second-order valence-electron chi connectivity index (χ2n) is 4.25. The minimum Gasteiger partial charge on any atom is -0.520 e. The Labute approximate surface area is 89.4 Å². The van der Waals surface area contributed by atoms with Crippen molar-refractivity contribution in [1.82, 2.24) is 0 Å². The second kappa shape index (κ2) is 6.12. The lowest BCUT2D eigenvalue weighted by molar-refractivity contribution is 0.106. The van der Waals surface area contributed by atoms with E-state index in [2.05, 4.69) is 33.5 Å². The summed E-state index contributed by atoms with van der Waals surface area (Å²) in [6, 6.07) is 0. The van der Waals surface area contributed by atoms with Crippen molar-refractivity contribution >= 4 is 8.32 Å². The first-order valence-electron chi connectivity index (χ1n) is 5.48. The van der Waals surface area contributed by atoms with Crippen molar-refractivity contribution in [1.29, 1.82) is 0 Å². The summed E-state index contributed by atoms with van der Waals surface area (Å²) in [5, 5.41) is 0. The van der Waals surface area contributed by atoms with Crippen LogP contribution in [0, 0.1) is 0 Å². The molecule has 0 heterocycles. The molecule has 0 saturated carbocycles. The molecule has 0 saturated heterocycles. The van der Waals surface area contributed by atoms with Crippen molar-refractivity contribution in [2.24, 2.45) is 0 Å². The lowest BCUT2D eigenvalue weighted by Crippen LogP contribution is -2.26. The first-order chi connectivity index (χ1) is 6.44. The van der Waals surface area contributed by atoms with Crippen molar-refractivity contribution in [3.63, 3.8) is 0 Å². The Bertz CT molecular complexity index is 186. The summed E-state index contributed by atoms with van der Waals surface area (Å²) in [5.74, 6) is 0.789. The fourth-order valence-electron chi connectivity index (χ4n) is 1.15. The van der Waals surface area contributed by atoms with Crippen LogP contribution in [-0.2, 0) is 9.16 Å². The highest BCUT2D eigenvalue weighted by Crippen LogP contribution is 2.19. The molecule has 0 aromatic heterocycles. The van der Waals surface area contributed by atoms with Crippen LogP contribution in [0.1, 0.15) is 33.6 Å². The van der Waals surface area contributed by atoms with E-state index in [1.165, 1.54) is 5.57 Å². The minimum absolute atomic E-state index is 0.684. The number of allylic oxidation sites excluding steroid dienone is 1. The molecule has 0 aromatic carbocycles. The lowest BCUT2D eigenvalue weighted by Gasteiger charge is -2.23. The monoisotopic (exact) mass is 216 g/mol. The Kier molecular flexibility index (Phi) is 5.92.